The maximum atomic E-state index is 13.8. The third-order valence-electron chi connectivity index (χ3n) is 7.80. The number of benzene rings is 2. The van der Waals surface area contributed by atoms with Gasteiger partial charge in [0, 0.05) is 36.9 Å². The van der Waals surface area contributed by atoms with Crippen molar-refractivity contribution in [1.29, 1.82) is 0 Å². The van der Waals surface area contributed by atoms with Crippen LogP contribution in [-0.4, -0.2) is 56.7 Å². The highest BCUT2D eigenvalue weighted by atomic mass is 32.2. The maximum absolute atomic E-state index is 13.8. The number of aryl methyl sites for hydroxylation is 1. The summed E-state index contributed by atoms with van der Waals surface area (Å²) in [6.07, 6.45) is 4.10. The van der Waals surface area contributed by atoms with Crippen LogP contribution in [0.2, 0.25) is 0 Å². The molecule has 0 bridgehead atoms. The van der Waals surface area contributed by atoms with Gasteiger partial charge in [-0.1, -0.05) is 43.7 Å². The molecule has 1 aromatic heterocycles. The van der Waals surface area contributed by atoms with Crippen LogP contribution in [0.25, 0.3) is 10.9 Å². The van der Waals surface area contributed by atoms with Crippen LogP contribution in [0.3, 0.4) is 0 Å². The van der Waals surface area contributed by atoms with Crippen molar-refractivity contribution in [2.75, 3.05) is 42.7 Å². The SMILES string of the molecule is CCCCn1cc(C(=O)NC2(c3ccccc3)CCS(=O)(=O)CC2)c(=O)c2ccc(N3CCOCC3)cc21. The highest BCUT2D eigenvalue weighted by Gasteiger charge is 2.40. The number of hydrogen-bond acceptors (Lipinski definition) is 6. The van der Waals surface area contributed by atoms with E-state index in [0.29, 0.717) is 25.1 Å². The first kappa shape index (κ1) is 26.4. The zero-order valence-corrected chi connectivity index (χ0v) is 22.6. The van der Waals surface area contributed by atoms with Gasteiger partial charge in [0.2, 0.25) is 5.43 Å². The number of morpholine rings is 1. The molecule has 0 spiro atoms. The molecule has 38 heavy (non-hydrogen) atoms. The largest absolute Gasteiger partial charge is 0.378 e. The standard InChI is InChI=1S/C29H35N3O5S/c1-2-3-13-32-21-25(27(33)24-10-9-23(20-26(24)32)31-14-16-37-17-15-31)28(34)30-29(22-7-5-4-6-8-22)11-18-38(35,36)19-12-29/h4-10,20-21H,2-3,11-19H2,1H3,(H,30,34). The molecule has 0 unspecified atom stereocenters. The van der Waals surface area contributed by atoms with Crippen LogP contribution in [0.5, 0.6) is 0 Å². The molecule has 0 atom stereocenters. The third kappa shape index (κ3) is 5.35. The van der Waals surface area contributed by atoms with E-state index in [1.807, 2.05) is 53.1 Å². The summed E-state index contributed by atoms with van der Waals surface area (Å²) < 4.78 is 32.0. The number of anilines is 1. The summed E-state index contributed by atoms with van der Waals surface area (Å²) in [5.41, 5.74) is 1.62. The topological polar surface area (TPSA) is 97.7 Å². The Bertz CT molecular complexity index is 1460. The molecule has 3 heterocycles. The van der Waals surface area contributed by atoms with E-state index >= 15 is 0 Å². The number of rotatable bonds is 7. The van der Waals surface area contributed by atoms with E-state index < -0.39 is 21.3 Å². The predicted octanol–water partition coefficient (Wildman–Crippen LogP) is 3.47. The Balaban J connectivity index is 1.54. The molecule has 2 aliphatic heterocycles. The first-order chi connectivity index (χ1) is 18.3. The normalized spacial score (nSPS) is 18.8. The van der Waals surface area contributed by atoms with Crippen LogP contribution in [0.4, 0.5) is 5.69 Å². The summed E-state index contributed by atoms with van der Waals surface area (Å²) in [4.78, 5) is 29.7. The first-order valence-electron chi connectivity index (χ1n) is 13.4. The van der Waals surface area contributed by atoms with Crippen molar-refractivity contribution in [3.63, 3.8) is 0 Å². The number of carbonyl (C=O) groups excluding carboxylic acids is 1. The fourth-order valence-corrected chi connectivity index (χ4v) is 7.01. The quantitative estimate of drug-likeness (QED) is 0.496. The number of sulfone groups is 1. The lowest BCUT2D eigenvalue weighted by Crippen LogP contribution is -2.51. The number of unbranched alkanes of at least 4 members (excludes halogenated alkanes) is 1. The molecule has 1 amide bonds. The Morgan fingerprint density at radius 2 is 1.76 bits per heavy atom. The summed E-state index contributed by atoms with van der Waals surface area (Å²) in [6, 6.07) is 15.3. The molecule has 8 nitrogen and oxygen atoms in total. The second-order valence-electron chi connectivity index (χ2n) is 10.3. The number of amides is 1. The minimum Gasteiger partial charge on any atom is -0.378 e. The summed E-state index contributed by atoms with van der Waals surface area (Å²) in [5.74, 6) is -0.488. The third-order valence-corrected chi connectivity index (χ3v) is 9.45. The van der Waals surface area contributed by atoms with Gasteiger partial charge in [0.1, 0.15) is 5.56 Å². The van der Waals surface area contributed by atoms with E-state index in [2.05, 4.69) is 17.1 Å². The Labute approximate surface area is 223 Å². The van der Waals surface area contributed by atoms with Crippen LogP contribution < -0.4 is 15.6 Å². The smallest absolute Gasteiger partial charge is 0.257 e. The highest BCUT2D eigenvalue weighted by Crippen LogP contribution is 2.34. The number of ether oxygens (including phenoxy) is 1. The molecule has 3 aromatic rings. The summed E-state index contributed by atoms with van der Waals surface area (Å²) in [6.45, 7) is 5.72. The zero-order valence-electron chi connectivity index (χ0n) is 21.8. The average molecular weight is 538 g/mol. The van der Waals surface area contributed by atoms with Gasteiger partial charge in [-0.05, 0) is 43.0 Å². The van der Waals surface area contributed by atoms with Crippen LogP contribution >= 0.6 is 0 Å². The molecule has 0 radical (unpaired) electrons. The van der Waals surface area contributed by atoms with Crippen molar-refractivity contribution in [3.8, 4) is 0 Å². The summed E-state index contributed by atoms with van der Waals surface area (Å²) in [7, 11) is -3.16. The fraction of sp³-hybridized carbons (Fsp3) is 0.448. The van der Waals surface area contributed by atoms with E-state index in [1.54, 1.807) is 6.20 Å². The van der Waals surface area contributed by atoms with Crippen molar-refractivity contribution in [2.24, 2.45) is 0 Å². The van der Waals surface area contributed by atoms with Gasteiger partial charge < -0.3 is 19.5 Å². The van der Waals surface area contributed by atoms with E-state index in [-0.39, 0.29) is 35.3 Å². The van der Waals surface area contributed by atoms with Gasteiger partial charge in [-0.3, -0.25) is 9.59 Å². The monoisotopic (exact) mass is 537 g/mol. The summed E-state index contributed by atoms with van der Waals surface area (Å²) in [5, 5.41) is 3.62. The second kappa shape index (κ2) is 10.9. The van der Waals surface area contributed by atoms with Crippen molar-refractivity contribution < 1.29 is 17.9 Å². The van der Waals surface area contributed by atoms with Crippen molar-refractivity contribution in [1.82, 2.24) is 9.88 Å². The lowest BCUT2D eigenvalue weighted by atomic mass is 9.84. The number of nitrogens with one attached hydrogen (secondary N) is 1. The fourth-order valence-electron chi connectivity index (χ4n) is 5.49. The lowest BCUT2D eigenvalue weighted by Gasteiger charge is -2.38. The van der Waals surface area contributed by atoms with Gasteiger partial charge >= 0.3 is 0 Å². The molecular formula is C29H35N3O5S. The van der Waals surface area contributed by atoms with Crippen molar-refractivity contribution >= 4 is 32.3 Å². The minimum atomic E-state index is -3.16. The Morgan fingerprint density at radius 3 is 2.45 bits per heavy atom. The van der Waals surface area contributed by atoms with E-state index in [4.69, 9.17) is 4.74 Å². The molecule has 5 rings (SSSR count). The van der Waals surface area contributed by atoms with Crippen molar-refractivity contribution in [2.45, 2.75) is 44.7 Å². The number of hydrogen-bond donors (Lipinski definition) is 1. The van der Waals surface area contributed by atoms with Gasteiger partial charge in [-0.25, -0.2) is 8.42 Å². The molecule has 9 heteroatoms. The molecule has 2 fully saturated rings. The van der Waals surface area contributed by atoms with E-state index in [1.165, 1.54) is 0 Å². The minimum absolute atomic E-state index is 0.00898. The van der Waals surface area contributed by atoms with Crippen LogP contribution in [0, 0.1) is 0 Å². The van der Waals surface area contributed by atoms with Gasteiger partial charge in [0.25, 0.3) is 5.91 Å². The van der Waals surface area contributed by atoms with Gasteiger partial charge in [-0.2, -0.15) is 0 Å². The number of nitrogens with zero attached hydrogens (tertiary/aromatic N) is 2. The van der Waals surface area contributed by atoms with Gasteiger partial charge in [0.15, 0.2) is 9.84 Å². The molecule has 0 saturated carbocycles. The van der Waals surface area contributed by atoms with Gasteiger partial charge in [-0.15, -0.1) is 0 Å². The van der Waals surface area contributed by atoms with Crippen LogP contribution in [-0.2, 0) is 26.7 Å². The molecule has 202 valence electrons. The molecule has 2 saturated heterocycles. The Morgan fingerprint density at radius 1 is 1.05 bits per heavy atom. The molecule has 2 aliphatic rings. The predicted molar refractivity (Wildman–Crippen MR) is 150 cm³/mol. The van der Waals surface area contributed by atoms with Crippen LogP contribution in [0.1, 0.15) is 48.5 Å². The number of aromatic nitrogens is 1. The lowest BCUT2D eigenvalue weighted by molar-refractivity contribution is 0.0886. The molecule has 1 N–H and O–H groups in total. The first-order valence-corrected chi connectivity index (χ1v) is 15.2. The van der Waals surface area contributed by atoms with E-state index in [0.717, 1.165) is 42.7 Å². The number of pyridine rings is 1. The van der Waals surface area contributed by atoms with E-state index in [9.17, 15) is 18.0 Å². The Kier molecular flexibility index (Phi) is 7.59. The summed E-state index contributed by atoms with van der Waals surface area (Å²) >= 11 is 0. The van der Waals surface area contributed by atoms with Crippen LogP contribution in [0.15, 0.2) is 59.5 Å². The average Bonchev–Trinajstić information content (AvgIpc) is 2.94. The number of fused-ring (bicyclic) bond motifs is 1. The van der Waals surface area contributed by atoms with Gasteiger partial charge in [0.05, 0.1) is 35.8 Å². The molecule has 0 aliphatic carbocycles. The highest BCUT2D eigenvalue weighted by molar-refractivity contribution is 7.91. The Hall–Kier alpha value is -3.17. The van der Waals surface area contributed by atoms with Crippen molar-refractivity contribution in [3.05, 3.63) is 76.1 Å². The second-order valence-corrected chi connectivity index (χ2v) is 12.6. The maximum Gasteiger partial charge on any atom is 0.257 e. The zero-order chi connectivity index (χ0) is 26.8. The molecule has 2 aromatic carbocycles. The number of carbonyl (C=O) groups is 1. The molecular weight excluding hydrogens is 502 g/mol.